The van der Waals surface area contributed by atoms with E-state index in [0.717, 1.165) is 0 Å². The van der Waals surface area contributed by atoms with E-state index in [1.54, 1.807) is 18.3 Å². The fourth-order valence-electron chi connectivity index (χ4n) is 1.65. The third-order valence-electron chi connectivity index (χ3n) is 2.64. The highest BCUT2D eigenvalue weighted by Gasteiger charge is 2.24. The van der Waals surface area contributed by atoms with Gasteiger partial charge in [0.25, 0.3) is 0 Å². The van der Waals surface area contributed by atoms with E-state index in [9.17, 15) is 9.59 Å². The lowest BCUT2D eigenvalue weighted by Crippen LogP contribution is -2.40. The Morgan fingerprint density at radius 2 is 2.41 bits per heavy atom. The number of nitrogens with zero attached hydrogens (tertiary/aromatic N) is 1. The first-order chi connectivity index (χ1) is 8.16. The van der Waals surface area contributed by atoms with Gasteiger partial charge in [0.2, 0.25) is 11.8 Å². The molecule has 1 aromatic rings. The van der Waals surface area contributed by atoms with Crippen LogP contribution in [0.15, 0.2) is 18.3 Å². The van der Waals surface area contributed by atoms with Crippen molar-refractivity contribution in [1.82, 2.24) is 10.3 Å². The molecule has 1 unspecified atom stereocenters. The van der Waals surface area contributed by atoms with Crippen LogP contribution in [0.25, 0.3) is 0 Å². The summed E-state index contributed by atoms with van der Waals surface area (Å²) in [5.41, 5.74) is 0. The average Bonchev–Trinajstić information content (AvgIpc) is 2.33. The van der Waals surface area contributed by atoms with Crippen LogP contribution in [-0.2, 0) is 9.59 Å². The number of rotatable bonds is 2. The van der Waals surface area contributed by atoms with Crippen molar-refractivity contribution < 1.29 is 9.59 Å². The van der Waals surface area contributed by atoms with Crippen molar-refractivity contribution in [2.45, 2.75) is 12.8 Å². The second-order valence-electron chi connectivity index (χ2n) is 3.86. The minimum absolute atomic E-state index is 0.00933. The standard InChI is InChI=1S/C11H12ClN3O2/c12-8-2-1-5-13-10(8)15-11(17)7-3-4-9(16)14-6-7/h1-2,5,7H,3-4,6H2,(H,14,16)(H,13,15,17). The Morgan fingerprint density at radius 1 is 1.59 bits per heavy atom. The second kappa shape index (κ2) is 5.14. The summed E-state index contributed by atoms with van der Waals surface area (Å²) in [4.78, 5) is 26.8. The summed E-state index contributed by atoms with van der Waals surface area (Å²) in [6.07, 6.45) is 2.50. The summed E-state index contributed by atoms with van der Waals surface area (Å²) in [7, 11) is 0. The Bertz CT molecular complexity index is 440. The zero-order chi connectivity index (χ0) is 12.3. The number of anilines is 1. The van der Waals surface area contributed by atoms with Crippen LogP contribution in [0.3, 0.4) is 0 Å². The Balaban J connectivity index is 1.98. The van der Waals surface area contributed by atoms with Gasteiger partial charge >= 0.3 is 0 Å². The first-order valence-corrected chi connectivity index (χ1v) is 5.72. The molecule has 2 N–H and O–H groups in total. The number of hydrogen-bond acceptors (Lipinski definition) is 3. The molecule has 0 bridgehead atoms. The first kappa shape index (κ1) is 11.9. The third-order valence-corrected chi connectivity index (χ3v) is 2.94. The quantitative estimate of drug-likeness (QED) is 0.832. The zero-order valence-corrected chi connectivity index (χ0v) is 9.83. The Morgan fingerprint density at radius 3 is 3.06 bits per heavy atom. The molecule has 90 valence electrons. The van der Waals surface area contributed by atoms with E-state index in [4.69, 9.17) is 11.6 Å². The van der Waals surface area contributed by atoms with Gasteiger partial charge in [0.05, 0.1) is 10.9 Å². The lowest BCUT2D eigenvalue weighted by atomic mass is 9.98. The predicted octanol–water partition coefficient (Wildman–Crippen LogP) is 1.20. The SMILES string of the molecule is O=C1CCC(C(=O)Nc2ncccc2Cl)CN1. The number of hydrogen-bond donors (Lipinski definition) is 2. The maximum absolute atomic E-state index is 11.9. The highest BCUT2D eigenvalue weighted by atomic mass is 35.5. The van der Waals surface area contributed by atoms with E-state index in [-0.39, 0.29) is 17.7 Å². The number of nitrogens with one attached hydrogen (secondary N) is 2. The average molecular weight is 254 g/mol. The number of aromatic nitrogens is 1. The van der Waals surface area contributed by atoms with Crippen LogP contribution in [-0.4, -0.2) is 23.3 Å². The molecule has 0 saturated carbocycles. The van der Waals surface area contributed by atoms with E-state index in [2.05, 4.69) is 15.6 Å². The van der Waals surface area contributed by atoms with Gasteiger partial charge in [0.15, 0.2) is 5.82 Å². The van der Waals surface area contributed by atoms with Gasteiger partial charge in [0.1, 0.15) is 0 Å². The fourth-order valence-corrected chi connectivity index (χ4v) is 1.82. The van der Waals surface area contributed by atoms with Gasteiger partial charge in [-0.25, -0.2) is 4.98 Å². The molecular formula is C11H12ClN3O2. The van der Waals surface area contributed by atoms with E-state index >= 15 is 0 Å². The van der Waals surface area contributed by atoms with E-state index in [0.29, 0.717) is 30.2 Å². The summed E-state index contributed by atoms with van der Waals surface area (Å²) in [5, 5.41) is 5.73. The molecule has 1 fully saturated rings. The van der Waals surface area contributed by atoms with Crippen LogP contribution >= 0.6 is 11.6 Å². The third kappa shape index (κ3) is 2.94. The van der Waals surface area contributed by atoms with Crippen LogP contribution in [0.4, 0.5) is 5.82 Å². The van der Waals surface area contributed by atoms with Crippen LogP contribution in [0.2, 0.25) is 5.02 Å². The molecule has 5 nitrogen and oxygen atoms in total. The second-order valence-corrected chi connectivity index (χ2v) is 4.27. The highest BCUT2D eigenvalue weighted by Crippen LogP contribution is 2.19. The summed E-state index contributed by atoms with van der Waals surface area (Å²) in [6, 6.07) is 3.35. The lowest BCUT2D eigenvalue weighted by molar-refractivity contribution is -0.126. The van der Waals surface area contributed by atoms with Gasteiger partial charge in [-0.15, -0.1) is 0 Å². The maximum atomic E-state index is 11.9. The van der Waals surface area contributed by atoms with Crippen molar-refractivity contribution in [3.63, 3.8) is 0 Å². The summed E-state index contributed by atoms with van der Waals surface area (Å²) >= 11 is 5.88. The van der Waals surface area contributed by atoms with Crippen LogP contribution in [0.1, 0.15) is 12.8 Å². The molecule has 0 aliphatic carbocycles. The van der Waals surface area contributed by atoms with Gasteiger partial charge in [-0.2, -0.15) is 0 Å². The van der Waals surface area contributed by atoms with Gasteiger partial charge in [-0.1, -0.05) is 11.6 Å². The topological polar surface area (TPSA) is 71.1 Å². The number of pyridine rings is 1. The van der Waals surface area contributed by atoms with Gasteiger partial charge in [-0.3, -0.25) is 9.59 Å². The molecule has 2 rings (SSSR count). The molecule has 1 atom stereocenters. The normalized spacial score (nSPS) is 19.6. The summed E-state index contributed by atoms with van der Waals surface area (Å²) in [6.45, 7) is 0.370. The minimum atomic E-state index is -0.217. The first-order valence-electron chi connectivity index (χ1n) is 5.35. The van der Waals surface area contributed by atoms with Crippen molar-refractivity contribution >= 4 is 29.2 Å². The number of carbonyl (C=O) groups excluding carboxylic acids is 2. The largest absolute Gasteiger partial charge is 0.355 e. The molecular weight excluding hydrogens is 242 g/mol. The molecule has 1 aliphatic heterocycles. The molecule has 0 spiro atoms. The van der Waals surface area contributed by atoms with Crippen molar-refractivity contribution in [3.05, 3.63) is 23.4 Å². The monoisotopic (exact) mass is 253 g/mol. The van der Waals surface area contributed by atoms with E-state index in [1.807, 2.05) is 0 Å². The van der Waals surface area contributed by atoms with Crippen molar-refractivity contribution in [1.29, 1.82) is 0 Å². The number of halogens is 1. The number of amides is 2. The predicted molar refractivity (Wildman–Crippen MR) is 63.6 cm³/mol. The number of piperidine rings is 1. The smallest absolute Gasteiger partial charge is 0.230 e. The summed E-state index contributed by atoms with van der Waals surface area (Å²) < 4.78 is 0. The lowest BCUT2D eigenvalue weighted by Gasteiger charge is -2.21. The van der Waals surface area contributed by atoms with Crippen molar-refractivity contribution in [2.75, 3.05) is 11.9 Å². The van der Waals surface area contributed by atoms with Crippen molar-refractivity contribution in [2.24, 2.45) is 5.92 Å². The molecule has 2 amide bonds. The molecule has 2 heterocycles. The van der Waals surface area contributed by atoms with Gasteiger partial charge in [-0.05, 0) is 18.6 Å². The van der Waals surface area contributed by atoms with Crippen LogP contribution in [0.5, 0.6) is 0 Å². The Labute approximate surface area is 104 Å². The van der Waals surface area contributed by atoms with Crippen molar-refractivity contribution in [3.8, 4) is 0 Å². The minimum Gasteiger partial charge on any atom is -0.355 e. The molecule has 6 heteroatoms. The molecule has 0 aromatic carbocycles. The van der Waals surface area contributed by atoms with E-state index in [1.165, 1.54) is 0 Å². The van der Waals surface area contributed by atoms with E-state index < -0.39 is 0 Å². The number of carbonyl (C=O) groups is 2. The Hall–Kier alpha value is -1.62. The Kier molecular flexibility index (Phi) is 3.58. The molecule has 17 heavy (non-hydrogen) atoms. The van der Waals surface area contributed by atoms with Gasteiger partial charge < -0.3 is 10.6 Å². The maximum Gasteiger partial charge on any atom is 0.230 e. The molecule has 1 aromatic heterocycles. The highest BCUT2D eigenvalue weighted by molar-refractivity contribution is 6.33. The molecule has 0 radical (unpaired) electrons. The zero-order valence-electron chi connectivity index (χ0n) is 9.07. The summed E-state index contributed by atoms with van der Waals surface area (Å²) in [5.74, 6) is -0.0302. The van der Waals surface area contributed by atoms with Crippen LogP contribution < -0.4 is 10.6 Å². The molecule has 1 saturated heterocycles. The fraction of sp³-hybridized carbons (Fsp3) is 0.364. The van der Waals surface area contributed by atoms with Gasteiger partial charge in [0, 0.05) is 19.2 Å². The van der Waals surface area contributed by atoms with Crippen LogP contribution in [0, 0.1) is 5.92 Å². The molecule has 1 aliphatic rings.